The van der Waals surface area contributed by atoms with Crippen molar-refractivity contribution in [2.75, 3.05) is 18.4 Å². The Morgan fingerprint density at radius 2 is 1.80 bits per heavy atom. The molecule has 1 fully saturated rings. The van der Waals surface area contributed by atoms with Crippen LogP contribution in [0.3, 0.4) is 0 Å². The highest BCUT2D eigenvalue weighted by Crippen LogP contribution is 2.44. The van der Waals surface area contributed by atoms with Crippen LogP contribution in [0.1, 0.15) is 35.2 Å². The summed E-state index contributed by atoms with van der Waals surface area (Å²) in [5.74, 6) is -0.169. The molecule has 1 saturated heterocycles. The second-order valence-electron chi connectivity index (χ2n) is 8.56. The van der Waals surface area contributed by atoms with Gasteiger partial charge in [0.1, 0.15) is 5.82 Å². The van der Waals surface area contributed by atoms with E-state index in [9.17, 15) is 9.18 Å². The first-order valence-electron chi connectivity index (χ1n) is 10.6. The van der Waals surface area contributed by atoms with Crippen molar-refractivity contribution in [2.45, 2.75) is 38.6 Å². The third-order valence-electron chi connectivity index (χ3n) is 6.79. The van der Waals surface area contributed by atoms with Gasteiger partial charge in [0.05, 0.1) is 23.3 Å². The number of aromatic nitrogens is 1. The van der Waals surface area contributed by atoms with E-state index in [1.165, 1.54) is 34.6 Å². The van der Waals surface area contributed by atoms with Gasteiger partial charge in [-0.3, -0.25) is 4.79 Å². The number of nitrogens with zero attached hydrogens (tertiary/aromatic N) is 2. The number of hydrogen-bond donors (Lipinski definition) is 1. The predicted octanol–water partition coefficient (Wildman–Crippen LogP) is 4.72. The minimum absolute atomic E-state index is 0.106. The molecule has 0 aliphatic carbocycles. The summed E-state index contributed by atoms with van der Waals surface area (Å²) in [7, 11) is 0. The lowest BCUT2D eigenvalue weighted by molar-refractivity contribution is -0.132. The van der Waals surface area contributed by atoms with Crippen LogP contribution in [-0.2, 0) is 16.8 Å². The van der Waals surface area contributed by atoms with Crippen molar-refractivity contribution in [3.05, 3.63) is 82.9 Å². The molecule has 0 radical (unpaired) electrons. The van der Waals surface area contributed by atoms with Gasteiger partial charge < -0.3 is 14.8 Å². The van der Waals surface area contributed by atoms with Crippen LogP contribution in [0.15, 0.2) is 54.7 Å². The molecular formula is C25H26FN3O. The van der Waals surface area contributed by atoms with Gasteiger partial charge in [0.25, 0.3) is 0 Å². The van der Waals surface area contributed by atoms with Gasteiger partial charge in [0.2, 0.25) is 5.91 Å². The molecule has 30 heavy (non-hydrogen) atoms. The quantitative estimate of drug-likeness (QED) is 0.672. The number of likely N-dealkylation sites (tertiary alicyclic amines) is 1. The highest BCUT2D eigenvalue weighted by molar-refractivity contribution is 5.79. The van der Waals surface area contributed by atoms with Gasteiger partial charge in [-0.25, -0.2) is 4.39 Å². The molecule has 4 nitrogen and oxygen atoms in total. The third kappa shape index (κ3) is 3.00. The Hall–Kier alpha value is -3.08. The zero-order valence-corrected chi connectivity index (χ0v) is 17.4. The van der Waals surface area contributed by atoms with Gasteiger partial charge in [-0.1, -0.05) is 18.2 Å². The molecule has 1 spiro atoms. The van der Waals surface area contributed by atoms with Gasteiger partial charge in [0, 0.05) is 25.0 Å². The number of fused-ring (bicyclic) bond motifs is 4. The second-order valence-corrected chi connectivity index (χ2v) is 8.56. The van der Waals surface area contributed by atoms with Crippen molar-refractivity contribution < 1.29 is 9.18 Å². The normalized spacial score (nSPS) is 16.7. The molecule has 0 saturated carbocycles. The maximum atomic E-state index is 13.1. The molecule has 2 aliphatic rings. The van der Waals surface area contributed by atoms with Crippen LogP contribution in [-0.4, -0.2) is 28.5 Å². The Kier molecular flexibility index (Phi) is 4.42. The molecule has 0 bridgehead atoms. The van der Waals surface area contributed by atoms with Crippen molar-refractivity contribution in [3.8, 4) is 5.69 Å². The Bertz CT molecular complexity index is 1110. The fourth-order valence-electron chi connectivity index (χ4n) is 4.91. The Balaban J connectivity index is 1.36. The van der Waals surface area contributed by atoms with Gasteiger partial charge in [-0.2, -0.15) is 0 Å². The van der Waals surface area contributed by atoms with Crippen molar-refractivity contribution in [3.63, 3.8) is 0 Å². The Labute approximate surface area is 176 Å². The molecule has 2 aromatic carbocycles. The second kappa shape index (κ2) is 7.01. The average molecular weight is 404 g/mol. The molecule has 154 valence electrons. The molecule has 1 N–H and O–H groups in total. The summed E-state index contributed by atoms with van der Waals surface area (Å²) in [6.45, 7) is 5.74. The van der Waals surface area contributed by atoms with E-state index in [2.05, 4.69) is 54.2 Å². The van der Waals surface area contributed by atoms with E-state index in [1.807, 2.05) is 4.90 Å². The predicted molar refractivity (Wildman–Crippen MR) is 116 cm³/mol. The lowest BCUT2D eigenvalue weighted by atomic mass is 9.81. The number of nitrogens with one attached hydrogen (secondary N) is 1. The lowest BCUT2D eigenvalue weighted by Crippen LogP contribution is -2.51. The van der Waals surface area contributed by atoms with E-state index in [1.54, 1.807) is 12.1 Å². The van der Waals surface area contributed by atoms with E-state index in [-0.39, 0.29) is 17.3 Å². The minimum Gasteiger partial charge on any atom is -0.372 e. The number of carbonyl (C=O) groups is 1. The zero-order valence-electron chi connectivity index (χ0n) is 17.4. The first kappa shape index (κ1) is 18.9. The van der Waals surface area contributed by atoms with Gasteiger partial charge in [-0.05, 0) is 73.7 Å². The van der Waals surface area contributed by atoms with Crippen LogP contribution in [0.4, 0.5) is 10.1 Å². The molecule has 1 amide bonds. The first-order valence-corrected chi connectivity index (χ1v) is 10.6. The van der Waals surface area contributed by atoms with Crippen molar-refractivity contribution in [1.82, 2.24) is 9.47 Å². The highest BCUT2D eigenvalue weighted by atomic mass is 19.1. The van der Waals surface area contributed by atoms with Gasteiger partial charge >= 0.3 is 0 Å². The lowest BCUT2D eigenvalue weighted by Gasteiger charge is -2.46. The fourth-order valence-corrected chi connectivity index (χ4v) is 4.91. The van der Waals surface area contributed by atoms with Gasteiger partial charge in [0.15, 0.2) is 0 Å². The van der Waals surface area contributed by atoms with Crippen molar-refractivity contribution >= 4 is 11.6 Å². The van der Waals surface area contributed by atoms with Crippen LogP contribution >= 0.6 is 0 Å². The Morgan fingerprint density at radius 3 is 2.53 bits per heavy atom. The molecule has 5 rings (SSSR count). The van der Waals surface area contributed by atoms with Crippen LogP contribution in [0.5, 0.6) is 0 Å². The van der Waals surface area contributed by atoms with Crippen LogP contribution in [0.2, 0.25) is 0 Å². The first-order chi connectivity index (χ1) is 14.5. The van der Waals surface area contributed by atoms with Crippen molar-refractivity contribution in [1.29, 1.82) is 0 Å². The number of hydrogen-bond acceptors (Lipinski definition) is 2. The van der Waals surface area contributed by atoms with Crippen LogP contribution < -0.4 is 5.32 Å². The summed E-state index contributed by atoms with van der Waals surface area (Å²) in [6.07, 6.45) is 4.19. The van der Waals surface area contributed by atoms with E-state index >= 15 is 0 Å². The monoisotopic (exact) mass is 403 g/mol. The maximum absolute atomic E-state index is 13.1. The van der Waals surface area contributed by atoms with Crippen molar-refractivity contribution in [2.24, 2.45) is 0 Å². The van der Waals surface area contributed by atoms with E-state index in [0.717, 1.165) is 24.1 Å². The number of rotatable bonds is 2. The Morgan fingerprint density at radius 1 is 1.07 bits per heavy atom. The van der Waals surface area contributed by atoms with E-state index in [0.29, 0.717) is 19.5 Å². The summed E-state index contributed by atoms with van der Waals surface area (Å²) in [6, 6.07) is 14.9. The number of benzene rings is 2. The molecule has 0 unspecified atom stereocenters. The minimum atomic E-state index is -0.275. The molecule has 1 aromatic heterocycles. The number of carbonyl (C=O) groups excluding carboxylic acids is 1. The molecule has 3 heterocycles. The standard InChI is InChI=1S/C25H26FN3O/c1-17-5-10-21-24(18(17)2)29-13-3-4-22(29)25(27-21)11-14-28(15-12-25)23(30)16-19-6-8-20(26)9-7-19/h3-10,13,27H,11-12,14-16H2,1-2H3. The average Bonchev–Trinajstić information content (AvgIpc) is 3.24. The SMILES string of the molecule is Cc1ccc2c(c1C)-n1cccc1C1(CCN(C(=O)Cc3ccc(F)cc3)CC1)N2. The third-order valence-corrected chi connectivity index (χ3v) is 6.79. The maximum Gasteiger partial charge on any atom is 0.226 e. The van der Waals surface area contributed by atoms with Gasteiger partial charge in [-0.15, -0.1) is 0 Å². The topological polar surface area (TPSA) is 37.3 Å². The molecule has 3 aromatic rings. The molecular weight excluding hydrogens is 377 g/mol. The highest BCUT2D eigenvalue weighted by Gasteiger charge is 2.42. The summed E-state index contributed by atoms with van der Waals surface area (Å²) < 4.78 is 15.4. The fraction of sp³-hybridized carbons (Fsp3) is 0.320. The van der Waals surface area contributed by atoms with Crippen LogP contribution in [0, 0.1) is 19.7 Å². The zero-order chi connectivity index (χ0) is 20.9. The molecule has 5 heteroatoms. The summed E-state index contributed by atoms with van der Waals surface area (Å²) >= 11 is 0. The number of aryl methyl sites for hydroxylation is 1. The number of piperidine rings is 1. The summed E-state index contributed by atoms with van der Waals surface area (Å²) in [4.78, 5) is 14.8. The van der Waals surface area contributed by atoms with E-state index < -0.39 is 0 Å². The largest absolute Gasteiger partial charge is 0.372 e. The number of halogens is 1. The van der Waals surface area contributed by atoms with Crippen LogP contribution in [0.25, 0.3) is 5.69 Å². The molecule has 2 aliphatic heterocycles. The number of amides is 1. The summed E-state index contributed by atoms with van der Waals surface area (Å²) in [5, 5.41) is 3.84. The molecule has 0 atom stereocenters. The summed E-state index contributed by atoms with van der Waals surface area (Å²) in [5.41, 5.74) is 6.93. The van der Waals surface area contributed by atoms with E-state index in [4.69, 9.17) is 0 Å². The number of anilines is 1. The smallest absolute Gasteiger partial charge is 0.226 e.